The van der Waals surface area contributed by atoms with Crippen molar-refractivity contribution in [1.29, 1.82) is 0 Å². The summed E-state index contributed by atoms with van der Waals surface area (Å²) in [5.74, 6) is -3.28. The number of hydrogen-bond acceptors (Lipinski definition) is 5. The van der Waals surface area contributed by atoms with Crippen LogP contribution in [0.5, 0.6) is 0 Å². The molecule has 0 atom stereocenters. The summed E-state index contributed by atoms with van der Waals surface area (Å²) in [6, 6.07) is 1.60. The van der Waals surface area contributed by atoms with Crippen LogP contribution in [0.25, 0.3) is 0 Å². The van der Waals surface area contributed by atoms with E-state index in [0.29, 0.717) is 11.3 Å². The monoisotopic (exact) mass is 333 g/mol. The van der Waals surface area contributed by atoms with Gasteiger partial charge in [-0.25, -0.2) is 4.39 Å². The van der Waals surface area contributed by atoms with Gasteiger partial charge in [-0.3, -0.25) is 14.6 Å². The van der Waals surface area contributed by atoms with Crippen molar-refractivity contribution >= 4 is 28.8 Å². The summed E-state index contributed by atoms with van der Waals surface area (Å²) in [5, 5.41) is 22.4. The van der Waals surface area contributed by atoms with Crippen LogP contribution in [0, 0.1) is 0 Å². The van der Waals surface area contributed by atoms with Crippen molar-refractivity contribution in [3.05, 3.63) is 56.4 Å². The zero-order chi connectivity index (χ0) is 16.7. The van der Waals surface area contributed by atoms with Gasteiger partial charge in [-0.15, -0.1) is 0 Å². The van der Waals surface area contributed by atoms with Gasteiger partial charge < -0.3 is 10.2 Å². The third-order valence-electron chi connectivity index (χ3n) is 3.77. The number of rotatable bonds is 4. The second kappa shape index (κ2) is 5.58. The molecule has 5 nitrogen and oxygen atoms in total. The van der Waals surface area contributed by atoms with E-state index in [1.165, 1.54) is 11.3 Å². The molecule has 2 N–H and O–H groups in total. The number of fused-ring (bicyclic) bond motifs is 1. The van der Waals surface area contributed by atoms with Gasteiger partial charge in [0.05, 0.1) is 17.7 Å². The number of nitrogens with zero attached hydrogens (tertiary/aromatic N) is 1. The Morgan fingerprint density at radius 3 is 2.78 bits per heavy atom. The molecule has 118 valence electrons. The fourth-order valence-electron chi connectivity index (χ4n) is 2.69. The molecule has 0 fully saturated rings. The summed E-state index contributed by atoms with van der Waals surface area (Å²) in [4.78, 5) is 27.5. The summed E-state index contributed by atoms with van der Waals surface area (Å²) in [5.41, 5.74) is 1.23. The van der Waals surface area contributed by atoms with Gasteiger partial charge in [-0.05, 0) is 23.9 Å². The molecule has 1 aliphatic heterocycles. The topological polar surface area (TPSA) is 87.0 Å². The first-order valence-electron chi connectivity index (χ1n) is 6.79. The Hall–Kier alpha value is -2.54. The van der Waals surface area contributed by atoms with Crippen LogP contribution in [-0.2, 0) is 4.79 Å². The first kappa shape index (κ1) is 15.4. The van der Waals surface area contributed by atoms with Gasteiger partial charge >= 0.3 is 5.97 Å². The standard InChI is InChI=1S/C16H12FNO4S/c1-7-9(5-12(19)20)13-11(18-7)4-10(16(22)14(13)17)15(21)8-2-3-23-6-8/h2-3,6,22H,4-5H2,1H3,(H,19,20). The van der Waals surface area contributed by atoms with Gasteiger partial charge in [-0.2, -0.15) is 11.3 Å². The Bertz CT molecular complexity index is 843. The molecule has 2 heterocycles. The molecule has 0 spiro atoms. The lowest BCUT2D eigenvalue weighted by Crippen LogP contribution is -2.19. The highest BCUT2D eigenvalue weighted by Crippen LogP contribution is 2.40. The molecule has 0 saturated carbocycles. The van der Waals surface area contributed by atoms with Crippen LogP contribution in [0.15, 0.2) is 55.8 Å². The van der Waals surface area contributed by atoms with Crippen molar-refractivity contribution in [2.75, 3.05) is 0 Å². The fraction of sp³-hybridized carbons (Fsp3) is 0.188. The summed E-state index contributed by atoms with van der Waals surface area (Å²) in [7, 11) is 0. The predicted molar refractivity (Wildman–Crippen MR) is 83.4 cm³/mol. The number of Topliss-reactive ketones (excluding diaryl/α,β-unsaturated/α-hetero) is 1. The Morgan fingerprint density at radius 1 is 1.43 bits per heavy atom. The van der Waals surface area contributed by atoms with E-state index in [1.807, 2.05) is 0 Å². The van der Waals surface area contributed by atoms with Crippen LogP contribution in [-0.4, -0.2) is 27.7 Å². The second-order valence-electron chi connectivity index (χ2n) is 5.23. The first-order chi connectivity index (χ1) is 10.9. The van der Waals surface area contributed by atoms with Gasteiger partial charge in [0.15, 0.2) is 17.4 Å². The molecular formula is C16H12FNO4S. The van der Waals surface area contributed by atoms with Gasteiger partial charge in [0.25, 0.3) is 0 Å². The van der Waals surface area contributed by atoms with Crippen LogP contribution in [0.1, 0.15) is 30.1 Å². The molecule has 0 bridgehead atoms. The Kier molecular flexibility index (Phi) is 3.73. The first-order valence-corrected chi connectivity index (χ1v) is 7.73. The number of aliphatic carboxylic acids is 1. The number of aliphatic hydroxyl groups excluding tert-OH is 1. The minimum atomic E-state index is -1.11. The molecule has 1 aliphatic carbocycles. The number of ketones is 1. The molecule has 0 radical (unpaired) electrons. The Morgan fingerprint density at radius 2 is 2.17 bits per heavy atom. The number of thiophene rings is 1. The molecule has 0 saturated heterocycles. The number of allylic oxidation sites excluding steroid dienone is 4. The molecule has 0 amide bonds. The number of hydrogen-bond donors (Lipinski definition) is 2. The third kappa shape index (κ3) is 2.53. The molecule has 23 heavy (non-hydrogen) atoms. The molecule has 1 aromatic rings. The maximum Gasteiger partial charge on any atom is 0.307 e. The summed E-state index contributed by atoms with van der Waals surface area (Å²) in [6.07, 6.45) is -0.410. The SMILES string of the molecule is CC1=C(CC(=O)O)C2=C(F)C(O)=C(C(=O)c3ccsc3)CC2=N1. The number of carbonyl (C=O) groups is 2. The number of carboxylic acids is 1. The maximum atomic E-state index is 14.6. The highest BCUT2D eigenvalue weighted by molar-refractivity contribution is 7.08. The minimum Gasteiger partial charge on any atom is -0.505 e. The van der Waals surface area contributed by atoms with Crippen LogP contribution < -0.4 is 0 Å². The quantitative estimate of drug-likeness (QED) is 0.825. The van der Waals surface area contributed by atoms with Crippen molar-refractivity contribution in [3.8, 4) is 0 Å². The van der Waals surface area contributed by atoms with Gasteiger partial charge in [-0.1, -0.05) is 0 Å². The highest BCUT2D eigenvalue weighted by Gasteiger charge is 2.36. The third-order valence-corrected chi connectivity index (χ3v) is 4.46. The van der Waals surface area contributed by atoms with Crippen LogP contribution in [0.3, 0.4) is 0 Å². The van der Waals surface area contributed by atoms with Crippen molar-refractivity contribution in [1.82, 2.24) is 0 Å². The molecule has 1 aromatic heterocycles. The number of aliphatic hydroxyl groups is 1. The van der Waals surface area contributed by atoms with E-state index in [4.69, 9.17) is 5.11 Å². The molecule has 0 unspecified atom stereocenters. The zero-order valence-electron chi connectivity index (χ0n) is 12.1. The van der Waals surface area contributed by atoms with E-state index >= 15 is 0 Å². The van der Waals surface area contributed by atoms with E-state index < -0.39 is 23.3 Å². The lowest BCUT2D eigenvalue weighted by atomic mass is 9.87. The van der Waals surface area contributed by atoms with Gasteiger partial charge in [0.2, 0.25) is 0 Å². The van der Waals surface area contributed by atoms with E-state index in [0.717, 1.165) is 0 Å². The number of carbonyl (C=O) groups excluding carboxylic acids is 1. The van der Waals surface area contributed by atoms with E-state index in [1.54, 1.807) is 23.8 Å². The maximum absolute atomic E-state index is 14.6. The van der Waals surface area contributed by atoms with Crippen molar-refractivity contribution < 1.29 is 24.2 Å². The average molecular weight is 333 g/mol. The van der Waals surface area contributed by atoms with E-state index in [2.05, 4.69) is 4.99 Å². The zero-order valence-corrected chi connectivity index (χ0v) is 12.9. The van der Waals surface area contributed by atoms with Crippen LogP contribution >= 0.6 is 11.3 Å². The van der Waals surface area contributed by atoms with Crippen LogP contribution in [0.4, 0.5) is 4.39 Å². The molecule has 3 rings (SSSR count). The molecule has 2 aliphatic rings. The normalized spacial score (nSPS) is 17.6. The lowest BCUT2D eigenvalue weighted by molar-refractivity contribution is -0.136. The van der Waals surface area contributed by atoms with Gasteiger partial charge in [0, 0.05) is 28.6 Å². The Labute approximate surface area is 134 Å². The average Bonchev–Trinajstić information content (AvgIpc) is 3.11. The number of halogens is 1. The smallest absolute Gasteiger partial charge is 0.307 e. The van der Waals surface area contributed by atoms with Crippen molar-refractivity contribution in [3.63, 3.8) is 0 Å². The van der Waals surface area contributed by atoms with Crippen LogP contribution in [0.2, 0.25) is 0 Å². The molecule has 0 aromatic carbocycles. The predicted octanol–water partition coefficient (Wildman–Crippen LogP) is 3.57. The minimum absolute atomic E-state index is 0.00395. The fourth-order valence-corrected chi connectivity index (χ4v) is 3.33. The van der Waals surface area contributed by atoms with Gasteiger partial charge in [0.1, 0.15) is 0 Å². The molecular weight excluding hydrogens is 321 g/mol. The van der Waals surface area contributed by atoms with Crippen molar-refractivity contribution in [2.24, 2.45) is 4.99 Å². The summed E-state index contributed by atoms with van der Waals surface area (Å²) >= 11 is 1.33. The number of carboxylic acid groups (broad SMARTS) is 1. The molecule has 7 heteroatoms. The van der Waals surface area contributed by atoms with E-state index in [-0.39, 0.29) is 35.3 Å². The van der Waals surface area contributed by atoms with E-state index in [9.17, 15) is 19.1 Å². The largest absolute Gasteiger partial charge is 0.505 e. The summed E-state index contributed by atoms with van der Waals surface area (Å²) in [6.45, 7) is 1.58. The second-order valence-corrected chi connectivity index (χ2v) is 6.01. The Balaban J connectivity index is 2.05. The lowest BCUT2D eigenvalue weighted by Gasteiger charge is -2.18. The summed E-state index contributed by atoms with van der Waals surface area (Å²) < 4.78 is 14.6. The highest BCUT2D eigenvalue weighted by atomic mass is 32.1. The number of aliphatic imine (C=N–C) groups is 1. The van der Waals surface area contributed by atoms with Crippen molar-refractivity contribution in [2.45, 2.75) is 19.8 Å².